The van der Waals surface area contributed by atoms with Crippen LogP contribution in [0.25, 0.3) is 22.0 Å². The first-order chi connectivity index (χ1) is 16.8. The number of benzene rings is 3. The van der Waals surface area contributed by atoms with Crippen LogP contribution in [0.1, 0.15) is 30.5 Å². The van der Waals surface area contributed by atoms with E-state index in [1.165, 1.54) is 24.1 Å². The first-order valence-electron chi connectivity index (χ1n) is 10.9. The summed E-state index contributed by atoms with van der Waals surface area (Å²) in [4.78, 5) is 39.7. The summed E-state index contributed by atoms with van der Waals surface area (Å²) < 4.78 is 0.855. The van der Waals surface area contributed by atoms with Crippen LogP contribution >= 0.6 is 15.9 Å². The summed E-state index contributed by atoms with van der Waals surface area (Å²) in [6.07, 6.45) is 0.239. The summed E-state index contributed by atoms with van der Waals surface area (Å²) in [6.45, 7) is 1.39. The largest absolute Gasteiger partial charge is 0.321 e. The molecule has 9 heteroatoms. The Hall–Kier alpha value is -4.11. The fourth-order valence-electron chi connectivity index (χ4n) is 4.50. The molecule has 0 spiro atoms. The van der Waals surface area contributed by atoms with E-state index < -0.39 is 11.0 Å². The minimum Gasteiger partial charge on any atom is -0.321 e. The van der Waals surface area contributed by atoms with Crippen molar-refractivity contribution in [1.82, 2.24) is 9.99 Å². The molecule has 174 valence electrons. The predicted molar refractivity (Wildman–Crippen MR) is 137 cm³/mol. The summed E-state index contributed by atoms with van der Waals surface area (Å²) in [5.74, 6) is -0.322. The number of nitro benzene ring substituents is 1. The zero-order valence-electron chi connectivity index (χ0n) is 18.6. The highest BCUT2D eigenvalue weighted by Crippen LogP contribution is 2.38. The van der Waals surface area contributed by atoms with Gasteiger partial charge in [0.1, 0.15) is 0 Å². The molecule has 0 bridgehead atoms. The Kier molecular flexibility index (Phi) is 5.78. The molecule has 4 aromatic rings. The first kappa shape index (κ1) is 22.7. The number of nitrogens with zero attached hydrogens (tertiary/aromatic N) is 3. The number of hydrogen-bond donors (Lipinski definition) is 1. The van der Waals surface area contributed by atoms with Gasteiger partial charge in [-0.25, -0.2) is 5.01 Å². The zero-order valence-corrected chi connectivity index (χ0v) is 20.2. The third kappa shape index (κ3) is 4.15. The summed E-state index contributed by atoms with van der Waals surface area (Å²) in [5, 5.41) is 18.0. The molecule has 0 aliphatic carbocycles. The number of nitro groups is 1. The fraction of sp³-hybridized carbons (Fsp3) is 0.115. The summed E-state index contributed by atoms with van der Waals surface area (Å²) in [6, 6.07) is 20.8. The molecule has 0 saturated carbocycles. The van der Waals surface area contributed by atoms with Gasteiger partial charge in [-0.2, -0.15) is 5.10 Å². The van der Waals surface area contributed by atoms with E-state index in [-0.39, 0.29) is 23.6 Å². The van der Waals surface area contributed by atoms with Crippen LogP contribution in [0, 0.1) is 10.1 Å². The molecule has 2 heterocycles. The molecule has 1 N–H and O–H groups in total. The number of aromatic amines is 1. The van der Waals surface area contributed by atoms with Crippen LogP contribution in [0.15, 0.2) is 87.2 Å². The highest BCUT2D eigenvalue weighted by molar-refractivity contribution is 9.10. The van der Waals surface area contributed by atoms with Crippen LogP contribution in [0.5, 0.6) is 0 Å². The Morgan fingerprint density at radius 1 is 1.09 bits per heavy atom. The van der Waals surface area contributed by atoms with Crippen molar-refractivity contribution < 1.29 is 9.72 Å². The summed E-state index contributed by atoms with van der Waals surface area (Å²) in [5.41, 5.74) is 3.24. The average molecular weight is 531 g/mol. The van der Waals surface area contributed by atoms with Gasteiger partial charge in [0.2, 0.25) is 5.91 Å². The van der Waals surface area contributed by atoms with Crippen LogP contribution in [0.3, 0.4) is 0 Å². The number of non-ortho nitro benzene ring substituents is 1. The monoisotopic (exact) mass is 530 g/mol. The van der Waals surface area contributed by atoms with Crippen LogP contribution in [-0.4, -0.2) is 26.5 Å². The number of amides is 1. The molecule has 0 fully saturated rings. The maximum absolute atomic E-state index is 13.4. The molecule has 1 atom stereocenters. The van der Waals surface area contributed by atoms with Gasteiger partial charge in [-0.3, -0.25) is 19.7 Å². The number of rotatable bonds is 4. The maximum Gasteiger partial charge on any atom is 0.269 e. The van der Waals surface area contributed by atoms with Crippen molar-refractivity contribution in [2.24, 2.45) is 5.10 Å². The normalized spacial score (nSPS) is 15.3. The van der Waals surface area contributed by atoms with Crippen molar-refractivity contribution >= 4 is 44.1 Å². The number of hydrogen-bond acceptors (Lipinski definition) is 5. The van der Waals surface area contributed by atoms with Gasteiger partial charge in [0.25, 0.3) is 11.2 Å². The minimum absolute atomic E-state index is 0.0715. The molecule has 0 radical (unpaired) electrons. The second-order valence-electron chi connectivity index (χ2n) is 8.24. The average Bonchev–Trinajstić information content (AvgIpc) is 3.29. The third-order valence-corrected chi connectivity index (χ3v) is 6.52. The fourth-order valence-corrected chi connectivity index (χ4v) is 4.86. The van der Waals surface area contributed by atoms with E-state index in [9.17, 15) is 19.7 Å². The number of halogens is 1. The Balaban J connectivity index is 1.72. The molecule has 1 aliphatic heterocycles. The van der Waals surface area contributed by atoms with Crippen molar-refractivity contribution in [2.75, 3.05) is 0 Å². The Labute approximate surface area is 208 Å². The van der Waals surface area contributed by atoms with Gasteiger partial charge in [0.05, 0.1) is 22.2 Å². The first-order valence-corrected chi connectivity index (χ1v) is 11.7. The summed E-state index contributed by atoms with van der Waals surface area (Å²) >= 11 is 3.52. The van der Waals surface area contributed by atoms with E-state index >= 15 is 0 Å². The zero-order chi connectivity index (χ0) is 24.7. The number of nitrogens with one attached hydrogen (secondary N) is 1. The lowest BCUT2D eigenvalue weighted by molar-refractivity contribution is -0.384. The molecule has 0 unspecified atom stereocenters. The molecule has 1 aromatic heterocycles. The minimum atomic E-state index is -0.566. The van der Waals surface area contributed by atoms with Gasteiger partial charge >= 0.3 is 0 Å². The van der Waals surface area contributed by atoms with E-state index in [4.69, 9.17) is 0 Å². The molecule has 0 saturated heterocycles. The third-order valence-electron chi connectivity index (χ3n) is 6.03. The molecular weight excluding hydrogens is 512 g/mol. The number of hydrazone groups is 1. The van der Waals surface area contributed by atoms with Gasteiger partial charge in [0, 0.05) is 46.4 Å². The van der Waals surface area contributed by atoms with Crippen molar-refractivity contribution in [3.63, 3.8) is 0 Å². The highest BCUT2D eigenvalue weighted by atomic mass is 79.9. The molecule has 1 amide bonds. The lowest BCUT2D eigenvalue weighted by atomic mass is 9.91. The van der Waals surface area contributed by atoms with Crippen molar-refractivity contribution in [2.45, 2.75) is 19.4 Å². The molecule has 1 aliphatic rings. The lowest BCUT2D eigenvalue weighted by Gasteiger charge is -2.20. The van der Waals surface area contributed by atoms with Crippen molar-refractivity contribution in [1.29, 1.82) is 0 Å². The van der Waals surface area contributed by atoms with E-state index in [1.807, 2.05) is 48.5 Å². The molecule has 3 aromatic carbocycles. The topological polar surface area (TPSA) is 109 Å². The van der Waals surface area contributed by atoms with E-state index in [0.29, 0.717) is 27.9 Å². The van der Waals surface area contributed by atoms with Crippen molar-refractivity contribution in [3.05, 3.63) is 109 Å². The predicted octanol–water partition coefficient (Wildman–Crippen LogP) is 5.56. The number of pyridine rings is 1. The number of fused-ring (bicyclic) bond motifs is 1. The Morgan fingerprint density at radius 2 is 1.86 bits per heavy atom. The molecule has 35 heavy (non-hydrogen) atoms. The number of carbonyl (C=O) groups excluding carboxylic acids is 1. The quantitative estimate of drug-likeness (QED) is 0.275. The molecule has 5 rings (SSSR count). The number of aromatic nitrogens is 1. The van der Waals surface area contributed by atoms with Crippen molar-refractivity contribution in [3.8, 4) is 11.1 Å². The van der Waals surface area contributed by atoms with Gasteiger partial charge in [-0.1, -0.05) is 58.4 Å². The van der Waals surface area contributed by atoms with E-state index in [1.54, 1.807) is 12.1 Å². The maximum atomic E-state index is 13.4. The second kappa shape index (κ2) is 8.92. The standard InChI is InChI=1S/C26H19BrN4O4/c1-15(32)30-23(17-8-5-9-19(12-17)31(34)35)14-22(29-30)25-24(16-6-3-2-4-7-16)20-13-18(27)10-11-21(20)28-26(25)33/h2-13,23H,14H2,1H3,(H,28,33)/t23-/m1/s1. The van der Waals surface area contributed by atoms with Crippen LogP contribution in [-0.2, 0) is 4.79 Å². The van der Waals surface area contributed by atoms with Gasteiger partial charge in [0.15, 0.2) is 0 Å². The second-order valence-corrected chi connectivity index (χ2v) is 9.16. The van der Waals surface area contributed by atoms with Crippen LogP contribution in [0.4, 0.5) is 5.69 Å². The number of H-pyrrole nitrogens is 1. The van der Waals surface area contributed by atoms with Gasteiger partial charge in [-0.15, -0.1) is 0 Å². The Morgan fingerprint density at radius 3 is 2.57 bits per heavy atom. The lowest BCUT2D eigenvalue weighted by Crippen LogP contribution is -2.24. The SMILES string of the molecule is CC(=O)N1N=C(c2c(-c3ccccc3)c3cc(Br)ccc3[nH]c2=O)C[C@@H]1c1cccc([N+](=O)[O-])c1. The smallest absolute Gasteiger partial charge is 0.269 e. The van der Waals surface area contributed by atoms with E-state index in [2.05, 4.69) is 26.0 Å². The Bertz CT molecular complexity index is 1580. The van der Waals surface area contributed by atoms with Gasteiger partial charge < -0.3 is 4.98 Å². The highest BCUT2D eigenvalue weighted by Gasteiger charge is 2.34. The molecular formula is C26H19BrN4O4. The number of carbonyl (C=O) groups is 1. The van der Waals surface area contributed by atoms with Crippen LogP contribution in [0.2, 0.25) is 0 Å². The molecule has 8 nitrogen and oxygen atoms in total. The van der Waals surface area contributed by atoms with E-state index in [0.717, 1.165) is 15.4 Å². The van der Waals surface area contributed by atoms with Gasteiger partial charge in [-0.05, 0) is 29.3 Å². The summed E-state index contributed by atoms with van der Waals surface area (Å²) in [7, 11) is 0. The van der Waals surface area contributed by atoms with Crippen LogP contribution < -0.4 is 5.56 Å².